The van der Waals surface area contributed by atoms with Crippen LogP contribution in [0.4, 0.5) is 0 Å². The molecule has 29 heavy (non-hydrogen) atoms. The van der Waals surface area contributed by atoms with E-state index >= 15 is 0 Å². The fraction of sp³-hybridized carbons (Fsp3) is 0.182. The topological polar surface area (TPSA) is 69.3 Å². The number of rotatable bonds is 6. The molecule has 2 aromatic heterocycles. The molecule has 0 amide bonds. The van der Waals surface area contributed by atoms with E-state index in [4.69, 9.17) is 16.3 Å². The van der Waals surface area contributed by atoms with Crippen molar-refractivity contribution in [3.8, 4) is 11.4 Å². The fourth-order valence-corrected chi connectivity index (χ4v) is 3.50. The Balaban J connectivity index is 1.62. The zero-order chi connectivity index (χ0) is 20.4. The summed E-state index contributed by atoms with van der Waals surface area (Å²) in [6.45, 7) is 2.40. The van der Waals surface area contributed by atoms with Crippen molar-refractivity contribution in [2.45, 2.75) is 19.0 Å². The van der Waals surface area contributed by atoms with Crippen LogP contribution in [0, 0.1) is 6.92 Å². The van der Waals surface area contributed by atoms with Crippen molar-refractivity contribution >= 4 is 22.5 Å². The van der Waals surface area contributed by atoms with Crippen LogP contribution in [0.1, 0.15) is 16.8 Å². The van der Waals surface area contributed by atoms with E-state index in [-0.39, 0.29) is 12.2 Å². The maximum atomic E-state index is 12.7. The average molecular weight is 410 g/mol. The van der Waals surface area contributed by atoms with Gasteiger partial charge in [0.25, 0.3) is 5.56 Å². The second-order valence-electron chi connectivity index (χ2n) is 6.65. The molecule has 1 atom stereocenters. The summed E-state index contributed by atoms with van der Waals surface area (Å²) in [7, 11) is 0. The Morgan fingerprint density at radius 2 is 1.93 bits per heavy atom. The van der Waals surface area contributed by atoms with Gasteiger partial charge in [-0.15, -0.1) is 0 Å². The zero-order valence-corrected chi connectivity index (χ0v) is 16.6. The molecule has 0 bridgehead atoms. The second kappa shape index (κ2) is 8.11. The number of aromatic nitrogens is 3. The highest BCUT2D eigenvalue weighted by molar-refractivity contribution is 6.20. The van der Waals surface area contributed by atoms with Crippen molar-refractivity contribution in [2.75, 3.05) is 6.61 Å². The van der Waals surface area contributed by atoms with Crippen LogP contribution in [0.5, 0.6) is 5.75 Å². The van der Waals surface area contributed by atoms with Crippen LogP contribution in [0.3, 0.4) is 0 Å². The van der Waals surface area contributed by atoms with Crippen molar-refractivity contribution in [2.24, 2.45) is 0 Å². The molecule has 0 aliphatic carbocycles. The van der Waals surface area contributed by atoms with Gasteiger partial charge in [0.2, 0.25) is 0 Å². The van der Waals surface area contributed by atoms with E-state index < -0.39 is 5.56 Å². The first-order valence-corrected chi connectivity index (χ1v) is 9.67. The smallest absolute Gasteiger partial charge is 0.258 e. The van der Waals surface area contributed by atoms with Crippen LogP contribution in [0.15, 0.2) is 71.7 Å². The number of ether oxygens (including phenoxy) is 1. The molecule has 7 heteroatoms. The van der Waals surface area contributed by atoms with Gasteiger partial charge in [0.1, 0.15) is 5.75 Å². The van der Waals surface area contributed by atoms with Crippen molar-refractivity contribution in [1.82, 2.24) is 14.3 Å². The highest BCUT2D eigenvalue weighted by Crippen LogP contribution is 2.25. The number of fused-ring (bicyclic) bond motifs is 1. The van der Waals surface area contributed by atoms with Gasteiger partial charge < -0.3 is 9.84 Å². The van der Waals surface area contributed by atoms with Gasteiger partial charge in [-0.05, 0) is 31.2 Å². The quantitative estimate of drug-likeness (QED) is 0.492. The molecule has 0 fully saturated rings. The zero-order valence-electron chi connectivity index (χ0n) is 15.8. The number of benzene rings is 2. The lowest BCUT2D eigenvalue weighted by Gasteiger charge is -2.13. The lowest BCUT2D eigenvalue weighted by atomic mass is 10.2. The number of hydrogen-bond donors (Lipinski definition) is 1. The molecule has 2 aromatic carbocycles. The maximum absolute atomic E-state index is 12.7. The molecular weight excluding hydrogens is 390 g/mol. The first kappa shape index (κ1) is 19.2. The molecule has 4 rings (SSSR count). The predicted octanol–water partition coefficient (Wildman–Crippen LogP) is 3.80. The summed E-state index contributed by atoms with van der Waals surface area (Å²) >= 11 is 6.30. The largest absolute Gasteiger partial charge is 0.470 e. The Morgan fingerprint density at radius 3 is 2.66 bits per heavy atom. The number of alkyl halides is 1. The number of aliphatic hydroxyl groups is 1. The Kier molecular flexibility index (Phi) is 5.38. The molecule has 0 radical (unpaired) electrons. The van der Waals surface area contributed by atoms with E-state index in [0.717, 1.165) is 27.8 Å². The van der Waals surface area contributed by atoms with Crippen LogP contribution in [-0.4, -0.2) is 26.1 Å². The molecule has 0 saturated heterocycles. The highest BCUT2D eigenvalue weighted by Gasteiger charge is 2.12. The van der Waals surface area contributed by atoms with E-state index in [1.807, 2.05) is 55.5 Å². The van der Waals surface area contributed by atoms with E-state index in [0.29, 0.717) is 12.3 Å². The molecular formula is C22H20ClN3O3. The minimum Gasteiger partial charge on any atom is -0.470 e. The Hall–Kier alpha value is -3.09. The lowest BCUT2D eigenvalue weighted by Crippen LogP contribution is -2.17. The minimum absolute atomic E-state index is 0.0210. The van der Waals surface area contributed by atoms with E-state index in [1.54, 1.807) is 21.5 Å². The fourth-order valence-electron chi connectivity index (χ4n) is 3.25. The monoisotopic (exact) mass is 409 g/mol. The molecule has 148 valence electrons. The number of pyridine rings is 1. The van der Waals surface area contributed by atoms with Crippen LogP contribution in [-0.2, 0) is 6.54 Å². The first-order valence-electron chi connectivity index (χ1n) is 9.23. The summed E-state index contributed by atoms with van der Waals surface area (Å²) in [5.74, 6) is 0.406. The molecule has 6 nitrogen and oxygen atoms in total. The van der Waals surface area contributed by atoms with Crippen molar-refractivity contribution in [3.63, 3.8) is 0 Å². The van der Waals surface area contributed by atoms with Gasteiger partial charge in [-0.1, -0.05) is 41.9 Å². The van der Waals surface area contributed by atoms with Gasteiger partial charge >= 0.3 is 0 Å². The van der Waals surface area contributed by atoms with E-state index in [1.165, 1.54) is 6.07 Å². The third-order valence-corrected chi connectivity index (χ3v) is 5.11. The molecule has 0 aliphatic heterocycles. The van der Waals surface area contributed by atoms with Gasteiger partial charge in [0.15, 0.2) is 5.56 Å². The number of nitrogens with zero attached hydrogens (tertiary/aromatic N) is 3. The van der Waals surface area contributed by atoms with Crippen molar-refractivity contribution < 1.29 is 9.84 Å². The molecule has 1 unspecified atom stereocenters. The molecule has 1 N–H and O–H groups in total. The number of hydrogen-bond acceptors (Lipinski definition) is 4. The number of halogens is 1. The van der Waals surface area contributed by atoms with Crippen LogP contribution in [0.2, 0.25) is 0 Å². The summed E-state index contributed by atoms with van der Waals surface area (Å²) in [6.07, 6.45) is 1.67. The molecule has 0 spiro atoms. The number of aryl methyl sites for hydroxylation is 1. The molecule has 4 aromatic rings. The summed E-state index contributed by atoms with van der Waals surface area (Å²) in [5.41, 5.74) is 2.41. The summed E-state index contributed by atoms with van der Waals surface area (Å²) < 4.78 is 9.01. The molecule has 2 heterocycles. The van der Waals surface area contributed by atoms with Crippen molar-refractivity contribution in [3.05, 3.63) is 88.5 Å². The van der Waals surface area contributed by atoms with Crippen LogP contribution in [0.25, 0.3) is 16.6 Å². The Bertz CT molecular complexity index is 1200. The SMILES string of the molecule is Cc1c2cc(-n3ccc(OC(Cl)c4ccccc4)cc3=O)ccc2nn1CCO. The van der Waals surface area contributed by atoms with E-state index in [2.05, 4.69) is 5.10 Å². The molecule has 0 saturated carbocycles. The lowest BCUT2D eigenvalue weighted by molar-refractivity contribution is 0.268. The highest BCUT2D eigenvalue weighted by atomic mass is 35.5. The van der Waals surface area contributed by atoms with Crippen molar-refractivity contribution in [1.29, 1.82) is 0 Å². The minimum atomic E-state index is -0.678. The standard InChI is InChI=1S/C22H20ClN3O3/c1-15-19-13-17(7-8-20(19)24-26(15)11-12-27)25-10-9-18(14-21(25)28)29-22(23)16-5-3-2-4-6-16/h2-10,13-14,22,27H,11-12H2,1H3. The molecule has 0 aliphatic rings. The Morgan fingerprint density at radius 1 is 1.14 bits per heavy atom. The van der Waals surface area contributed by atoms with Gasteiger partial charge in [-0.2, -0.15) is 5.10 Å². The normalized spacial score (nSPS) is 12.2. The van der Waals surface area contributed by atoms with Gasteiger partial charge in [-0.25, -0.2) is 0 Å². The van der Waals surface area contributed by atoms with Crippen LogP contribution < -0.4 is 10.3 Å². The summed E-state index contributed by atoms with van der Waals surface area (Å²) in [5, 5.41) is 14.6. The first-order chi connectivity index (χ1) is 14.1. The van der Waals surface area contributed by atoms with Crippen LogP contribution >= 0.6 is 11.6 Å². The Labute approximate surface area is 172 Å². The summed E-state index contributed by atoms with van der Waals surface area (Å²) in [4.78, 5) is 12.7. The van der Waals surface area contributed by atoms with Gasteiger partial charge in [0, 0.05) is 34.6 Å². The third-order valence-electron chi connectivity index (χ3n) is 4.77. The van der Waals surface area contributed by atoms with Gasteiger partial charge in [-0.3, -0.25) is 14.0 Å². The average Bonchev–Trinajstić information content (AvgIpc) is 3.04. The second-order valence-corrected chi connectivity index (χ2v) is 7.05. The van der Waals surface area contributed by atoms with Gasteiger partial charge in [0.05, 0.1) is 18.7 Å². The number of aliphatic hydroxyl groups excluding tert-OH is 1. The third kappa shape index (κ3) is 3.90. The van der Waals surface area contributed by atoms with E-state index in [9.17, 15) is 9.90 Å². The predicted molar refractivity (Wildman–Crippen MR) is 113 cm³/mol. The summed E-state index contributed by atoms with van der Waals surface area (Å²) in [6, 6.07) is 18.2. The maximum Gasteiger partial charge on any atom is 0.258 e.